The number of carbonyl (C=O) groups excluding carboxylic acids is 2. The van der Waals surface area contributed by atoms with Gasteiger partial charge in [0, 0.05) is 13.1 Å². The molecule has 2 atom stereocenters. The van der Waals surface area contributed by atoms with E-state index in [0.717, 1.165) is 18.9 Å². The molecule has 0 aromatic heterocycles. The van der Waals surface area contributed by atoms with E-state index < -0.39 is 16.0 Å². The molecule has 8 nitrogen and oxygen atoms in total. The van der Waals surface area contributed by atoms with Gasteiger partial charge in [-0.1, -0.05) is 19.3 Å². The second-order valence-electron chi connectivity index (χ2n) is 7.42. The van der Waals surface area contributed by atoms with Gasteiger partial charge in [0.05, 0.1) is 12.0 Å². The molecule has 0 spiro atoms. The molecule has 1 heterocycles. The molecule has 0 unspecified atom stereocenters. The molecule has 28 heavy (non-hydrogen) atoms. The molecule has 154 valence electrons. The number of fused-ring (bicyclic) bond motifs is 1. The summed E-state index contributed by atoms with van der Waals surface area (Å²) in [5.74, 6) is 0.314. The van der Waals surface area contributed by atoms with Crippen LogP contribution in [-0.4, -0.2) is 52.0 Å². The lowest BCUT2D eigenvalue weighted by atomic mass is 9.75. The molecule has 2 aliphatic rings. The van der Waals surface area contributed by atoms with E-state index in [2.05, 4.69) is 0 Å². The zero-order chi connectivity index (χ0) is 20.3. The molecule has 0 bridgehead atoms. The Hall–Kier alpha value is -2.13. The standard InChI is InChI=1S/C19H26N2O6S/c1-26-17-7-6-15(28(20,24)25)10-16(17)19(23)27-12-18(22)21-9-8-13-4-2-3-5-14(13)11-21/h6-7,10,13-14H,2-5,8-9,11-12H2,1H3,(H2,20,24,25)/t13-,14+/m1/s1. The van der Waals surface area contributed by atoms with Crippen LogP contribution in [0.2, 0.25) is 0 Å². The SMILES string of the molecule is COc1ccc(S(N)(=O)=O)cc1C(=O)OCC(=O)N1CC[C@H]2CCCC[C@H]2C1. The number of carbonyl (C=O) groups is 2. The summed E-state index contributed by atoms with van der Waals surface area (Å²) in [6, 6.07) is 3.66. The second-order valence-corrected chi connectivity index (χ2v) is 8.98. The minimum absolute atomic E-state index is 0.0900. The maximum atomic E-state index is 12.5. The minimum Gasteiger partial charge on any atom is -0.496 e. The Morgan fingerprint density at radius 3 is 2.57 bits per heavy atom. The second kappa shape index (κ2) is 8.48. The molecule has 2 fully saturated rings. The van der Waals surface area contributed by atoms with Gasteiger partial charge in [-0.15, -0.1) is 0 Å². The Bertz CT molecular complexity index is 854. The summed E-state index contributed by atoms with van der Waals surface area (Å²) in [7, 11) is -2.63. The molecule has 1 aromatic rings. The molecule has 1 aliphatic heterocycles. The molecule has 1 saturated carbocycles. The van der Waals surface area contributed by atoms with E-state index in [4.69, 9.17) is 14.6 Å². The highest BCUT2D eigenvalue weighted by Gasteiger charge is 2.33. The quantitative estimate of drug-likeness (QED) is 0.736. The number of rotatable bonds is 5. The van der Waals surface area contributed by atoms with Crippen LogP contribution in [0.1, 0.15) is 42.5 Å². The van der Waals surface area contributed by atoms with E-state index in [9.17, 15) is 18.0 Å². The van der Waals surface area contributed by atoms with Gasteiger partial charge >= 0.3 is 5.97 Å². The molecule has 1 aliphatic carbocycles. The van der Waals surface area contributed by atoms with E-state index in [1.165, 1.54) is 38.5 Å². The van der Waals surface area contributed by atoms with Crippen LogP contribution < -0.4 is 9.88 Å². The summed E-state index contributed by atoms with van der Waals surface area (Å²) in [5.41, 5.74) is -0.0900. The fourth-order valence-electron chi connectivity index (χ4n) is 4.15. The zero-order valence-corrected chi connectivity index (χ0v) is 16.7. The number of amides is 1. The van der Waals surface area contributed by atoms with Gasteiger partial charge in [-0.3, -0.25) is 4.79 Å². The van der Waals surface area contributed by atoms with Crippen LogP contribution in [0.4, 0.5) is 0 Å². The highest BCUT2D eigenvalue weighted by molar-refractivity contribution is 7.89. The number of hydrogen-bond donors (Lipinski definition) is 1. The van der Waals surface area contributed by atoms with Gasteiger partial charge in [0.2, 0.25) is 10.0 Å². The largest absolute Gasteiger partial charge is 0.496 e. The van der Waals surface area contributed by atoms with Crippen molar-refractivity contribution < 1.29 is 27.5 Å². The van der Waals surface area contributed by atoms with Crippen molar-refractivity contribution in [1.29, 1.82) is 0 Å². The first kappa shape index (κ1) is 20.6. The highest BCUT2D eigenvalue weighted by Crippen LogP contribution is 2.36. The third kappa shape index (κ3) is 4.64. The summed E-state index contributed by atoms with van der Waals surface area (Å²) >= 11 is 0. The van der Waals surface area contributed by atoms with E-state index in [-0.39, 0.29) is 28.7 Å². The smallest absolute Gasteiger partial charge is 0.342 e. The number of sulfonamides is 1. The predicted octanol–water partition coefficient (Wildman–Crippen LogP) is 1.54. The van der Waals surface area contributed by atoms with Crippen molar-refractivity contribution in [2.24, 2.45) is 17.0 Å². The number of hydrogen-bond acceptors (Lipinski definition) is 6. The third-order valence-corrected chi connectivity index (χ3v) is 6.60. The zero-order valence-electron chi connectivity index (χ0n) is 15.9. The summed E-state index contributed by atoms with van der Waals surface area (Å²) in [4.78, 5) is 26.4. The molecule has 1 amide bonds. The van der Waals surface area contributed by atoms with Crippen molar-refractivity contribution in [3.05, 3.63) is 23.8 Å². The van der Waals surface area contributed by atoms with Gasteiger partial charge in [-0.25, -0.2) is 18.4 Å². The van der Waals surface area contributed by atoms with Crippen molar-refractivity contribution >= 4 is 21.9 Å². The summed E-state index contributed by atoms with van der Waals surface area (Å²) in [6.45, 7) is 1.01. The molecule has 1 saturated heterocycles. The normalized spacial score (nSPS) is 22.3. The van der Waals surface area contributed by atoms with Crippen molar-refractivity contribution in [1.82, 2.24) is 4.90 Å². The number of likely N-dealkylation sites (tertiary alicyclic amines) is 1. The van der Waals surface area contributed by atoms with Gasteiger partial charge in [-0.2, -0.15) is 0 Å². The number of nitrogens with two attached hydrogens (primary N) is 1. The Morgan fingerprint density at radius 2 is 1.89 bits per heavy atom. The first-order chi connectivity index (χ1) is 13.3. The molecular weight excluding hydrogens is 384 g/mol. The lowest BCUT2D eigenvalue weighted by Crippen LogP contribution is -2.46. The van der Waals surface area contributed by atoms with Gasteiger partial charge in [-0.05, 0) is 42.9 Å². The Balaban J connectivity index is 1.63. The fourth-order valence-corrected chi connectivity index (χ4v) is 4.69. The predicted molar refractivity (Wildman–Crippen MR) is 101 cm³/mol. The van der Waals surface area contributed by atoms with Crippen LogP contribution >= 0.6 is 0 Å². The number of methoxy groups -OCH3 is 1. The fraction of sp³-hybridized carbons (Fsp3) is 0.579. The average molecular weight is 410 g/mol. The number of ether oxygens (including phenoxy) is 2. The summed E-state index contributed by atoms with van der Waals surface area (Å²) in [6.07, 6.45) is 5.85. The number of primary sulfonamides is 1. The number of nitrogens with zero attached hydrogens (tertiary/aromatic N) is 1. The molecule has 3 rings (SSSR count). The van der Waals surface area contributed by atoms with Crippen LogP contribution in [0.5, 0.6) is 5.75 Å². The van der Waals surface area contributed by atoms with E-state index in [1.807, 2.05) is 0 Å². The van der Waals surface area contributed by atoms with Gasteiger partial charge < -0.3 is 14.4 Å². The van der Waals surface area contributed by atoms with Crippen LogP contribution in [-0.2, 0) is 19.6 Å². The third-order valence-electron chi connectivity index (χ3n) is 5.69. The molecule has 9 heteroatoms. The topological polar surface area (TPSA) is 116 Å². The molecule has 0 radical (unpaired) electrons. The Morgan fingerprint density at radius 1 is 1.18 bits per heavy atom. The Labute approximate surface area is 165 Å². The van der Waals surface area contributed by atoms with Crippen LogP contribution in [0, 0.1) is 11.8 Å². The van der Waals surface area contributed by atoms with Gasteiger partial charge in [0.1, 0.15) is 11.3 Å². The number of piperidine rings is 1. The first-order valence-electron chi connectivity index (χ1n) is 9.45. The van der Waals surface area contributed by atoms with Crippen molar-refractivity contribution in [3.63, 3.8) is 0 Å². The van der Waals surface area contributed by atoms with E-state index in [1.54, 1.807) is 4.90 Å². The lowest BCUT2D eigenvalue weighted by molar-refractivity contribution is -0.137. The van der Waals surface area contributed by atoms with Crippen molar-refractivity contribution in [2.45, 2.75) is 37.0 Å². The van der Waals surface area contributed by atoms with Gasteiger partial charge in [0.25, 0.3) is 5.91 Å². The van der Waals surface area contributed by atoms with E-state index in [0.29, 0.717) is 24.9 Å². The van der Waals surface area contributed by atoms with E-state index >= 15 is 0 Å². The number of benzene rings is 1. The maximum Gasteiger partial charge on any atom is 0.342 e. The maximum absolute atomic E-state index is 12.5. The first-order valence-corrected chi connectivity index (χ1v) is 11.0. The lowest BCUT2D eigenvalue weighted by Gasteiger charge is -2.41. The molecular formula is C19H26N2O6S. The monoisotopic (exact) mass is 410 g/mol. The van der Waals surface area contributed by atoms with Crippen LogP contribution in [0.3, 0.4) is 0 Å². The molecule has 1 aromatic carbocycles. The summed E-state index contributed by atoms with van der Waals surface area (Å²) < 4.78 is 33.3. The highest BCUT2D eigenvalue weighted by atomic mass is 32.2. The van der Waals surface area contributed by atoms with Crippen LogP contribution in [0.25, 0.3) is 0 Å². The average Bonchev–Trinajstić information content (AvgIpc) is 2.70. The molecule has 2 N–H and O–H groups in total. The van der Waals surface area contributed by atoms with Crippen LogP contribution in [0.15, 0.2) is 23.1 Å². The van der Waals surface area contributed by atoms with Gasteiger partial charge in [0.15, 0.2) is 6.61 Å². The Kier molecular flexibility index (Phi) is 6.24. The minimum atomic E-state index is -3.98. The number of esters is 1. The van der Waals surface area contributed by atoms with Crippen molar-refractivity contribution in [3.8, 4) is 5.75 Å². The van der Waals surface area contributed by atoms with Crippen molar-refractivity contribution in [2.75, 3.05) is 26.8 Å². The summed E-state index contributed by atoms with van der Waals surface area (Å²) in [5, 5.41) is 5.11.